The van der Waals surface area contributed by atoms with E-state index in [1.165, 1.54) is 18.3 Å². The molecular weight excluding hydrogens is 233 g/mol. The predicted molar refractivity (Wildman–Crippen MR) is 48.7 cm³/mol. The number of aromatic nitrogens is 1. The number of hydrogen-bond donors (Lipinski definition) is 0. The first-order valence-electron chi connectivity index (χ1n) is 3.64. The third-order valence-corrected chi connectivity index (χ3v) is 2.51. The second-order valence-electron chi connectivity index (χ2n) is 2.28. The Kier molecular flexibility index (Phi) is 3.65. The molecule has 0 N–H and O–H groups in total. The van der Waals surface area contributed by atoms with Gasteiger partial charge in [0.2, 0.25) is 5.03 Å². The highest BCUT2D eigenvalue weighted by atomic mass is 35.7. The number of halogens is 2. The maximum absolute atomic E-state index is 11.8. The van der Waals surface area contributed by atoms with E-state index in [9.17, 15) is 12.8 Å². The van der Waals surface area contributed by atoms with Crippen LogP contribution in [0.3, 0.4) is 0 Å². The molecule has 0 atom stereocenters. The molecule has 0 aliphatic rings. The Morgan fingerprint density at radius 1 is 1.57 bits per heavy atom. The molecule has 0 amide bonds. The molecule has 0 fully saturated rings. The first-order valence-corrected chi connectivity index (χ1v) is 5.95. The molecule has 14 heavy (non-hydrogen) atoms. The van der Waals surface area contributed by atoms with Crippen LogP contribution in [0, 0.1) is 0 Å². The molecule has 1 rings (SSSR count). The number of hydrogen-bond acceptors (Lipinski definition) is 4. The summed E-state index contributed by atoms with van der Waals surface area (Å²) in [7, 11) is 1.13. The van der Waals surface area contributed by atoms with Gasteiger partial charge in [0.1, 0.15) is 13.3 Å². The highest BCUT2D eigenvalue weighted by Crippen LogP contribution is 2.23. The molecule has 0 aliphatic carbocycles. The van der Waals surface area contributed by atoms with Crippen LogP contribution in [-0.2, 0) is 9.05 Å². The summed E-state index contributed by atoms with van der Waals surface area (Å²) in [6, 6.07) is 2.83. The summed E-state index contributed by atoms with van der Waals surface area (Å²) in [5, 5.41) is -0.393. The standard InChI is InChI=1S/C7H7ClFNO3S/c8-14(11,12)7-6(13-5-3-9)2-1-4-10-7/h1-2,4H,3,5H2. The summed E-state index contributed by atoms with van der Waals surface area (Å²) in [5.41, 5.74) is 0. The predicted octanol–water partition coefficient (Wildman–Crippen LogP) is 1.36. The lowest BCUT2D eigenvalue weighted by atomic mass is 10.5. The van der Waals surface area contributed by atoms with Gasteiger partial charge >= 0.3 is 0 Å². The summed E-state index contributed by atoms with van der Waals surface area (Å²) in [6.45, 7) is -0.943. The second-order valence-corrected chi connectivity index (χ2v) is 4.76. The highest BCUT2D eigenvalue weighted by Gasteiger charge is 2.17. The number of alkyl halides is 1. The van der Waals surface area contributed by atoms with Gasteiger partial charge in [0.25, 0.3) is 9.05 Å². The summed E-state index contributed by atoms with van der Waals surface area (Å²) in [4.78, 5) is 3.54. The third kappa shape index (κ3) is 2.81. The highest BCUT2D eigenvalue weighted by molar-refractivity contribution is 8.13. The zero-order valence-electron chi connectivity index (χ0n) is 6.98. The molecule has 0 radical (unpaired) electrons. The smallest absolute Gasteiger partial charge is 0.282 e. The van der Waals surface area contributed by atoms with Crippen LogP contribution in [0.5, 0.6) is 5.75 Å². The fraction of sp³-hybridized carbons (Fsp3) is 0.286. The van der Waals surface area contributed by atoms with Crippen molar-refractivity contribution in [1.29, 1.82) is 0 Å². The maximum atomic E-state index is 11.8. The van der Waals surface area contributed by atoms with Gasteiger partial charge < -0.3 is 4.74 Å². The summed E-state index contributed by atoms with van der Waals surface area (Å²) in [6.07, 6.45) is 1.26. The zero-order chi connectivity index (χ0) is 10.6. The molecule has 0 saturated carbocycles. The van der Waals surface area contributed by atoms with Crippen LogP contribution in [0.1, 0.15) is 0 Å². The monoisotopic (exact) mass is 239 g/mol. The molecule has 4 nitrogen and oxygen atoms in total. The van der Waals surface area contributed by atoms with Gasteiger partial charge in [0, 0.05) is 16.9 Å². The normalized spacial score (nSPS) is 11.3. The SMILES string of the molecule is O=S(=O)(Cl)c1ncccc1OCCF. The van der Waals surface area contributed by atoms with E-state index in [4.69, 9.17) is 15.4 Å². The molecule has 0 spiro atoms. The van der Waals surface area contributed by atoms with Crippen molar-refractivity contribution in [2.24, 2.45) is 0 Å². The van der Waals surface area contributed by atoms with Gasteiger partial charge in [-0.25, -0.2) is 17.8 Å². The summed E-state index contributed by atoms with van der Waals surface area (Å²) >= 11 is 0. The van der Waals surface area contributed by atoms with Gasteiger partial charge in [-0.15, -0.1) is 0 Å². The lowest BCUT2D eigenvalue weighted by Crippen LogP contribution is -2.04. The van der Waals surface area contributed by atoms with Gasteiger partial charge in [0.15, 0.2) is 5.75 Å². The molecular formula is C7H7ClFNO3S. The maximum Gasteiger partial charge on any atom is 0.282 e. The Morgan fingerprint density at radius 2 is 2.29 bits per heavy atom. The number of pyridine rings is 1. The fourth-order valence-electron chi connectivity index (χ4n) is 0.818. The van der Waals surface area contributed by atoms with E-state index >= 15 is 0 Å². The van der Waals surface area contributed by atoms with Crippen molar-refractivity contribution >= 4 is 19.7 Å². The topological polar surface area (TPSA) is 56.3 Å². The molecule has 78 valence electrons. The Hall–Kier alpha value is -0.880. The molecule has 1 aromatic heterocycles. The van der Waals surface area contributed by atoms with Crippen molar-refractivity contribution in [2.75, 3.05) is 13.3 Å². The number of ether oxygens (including phenoxy) is 1. The van der Waals surface area contributed by atoms with Crippen LogP contribution >= 0.6 is 10.7 Å². The van der Waals surface area contributed by atoms with Crippen LogP contribution in [0.4, 0.5) is 4.39 Å². The average Bonchev–Trinajstić information content (AvgIpc) is 2.14. The van der Waals surface area contributed by atoms with Crippen molar-refractivity contribution in [3.63, 3.8) is 0 Å². The molecule has 0 aliphatic heterocycles. The molecule has 0 bridgehead atoms. The van der Waals surface area contributed by atoms with Gasteiger partial charge in [0.05, 0.1) is 0 Å². The number of nitrogens with zero attached hydrogens (tertiary/aromatic N) is 1. The quantitative estimate of drug-likeness (QED) is 0.745. The first kappa shape index (κ1) is 11.2. The Balaban J connectivity index is 3.04. The molecule has 0 saturated heterocycles. The van der Waals surface area contributed by atoms with E-state index in [2.05, 4.69) is 4.98 Å². The van der Waals surface area contributed by atoms with Crippen molar-refractivity contribution in [1.82, 2.24) is 4.98 Å². The Morgan fingerprint density at radius 3 is 2.86 bits per heavy atom. The van der Waals surface area contributed by atoms with Crippen molar-refractivity contribution in [2.45, 2.75) is 5.03 Å². The van der Waals surface area contributed by atoms with E-state index in [0.29, 0.717) is 0 Å². The van der Waals surface area contributed by atoms with E-state index in [-0.39, 0.29) is 12.4 Å². The second kappa shape index (κ2) is 4.56. The van der Waals surface area contributed by atoms with Crippen molar-refractivity contribution in [3.05, 3.63) is 18.3 Å². The Bertz CT molecular complexity index is 409. The van der Waals surface area contributed by atoms with Crippen LogP contribution in [0.2, 0.25) is 0 Å². The number of rotatable bonds is 4. The lowest BCUT2D eigenvalue weighted by molar-refractivity contribution is 0.266. The minimum atomic E-state index is -3.95. The van der Waals surface area contributed by atoms with E-state index in [1.54, 1.807) is 0 Å². The summed E-state index contributed by atoms with van der Waals surface area (Å²) < 4.78 is 38.5. The van der Waals surface area contributed by atoms with E-state index < -0.39 is 20.8 Å². The van der Waals surface area contributed by atoms with Crippen LogP contribution < -0.4 is 4.74 Å². The lowest BCUT2D eigenvalue weighted by Gasteiger charge is -2.05. The largest absolute Gasteiger partial charge is 0.488 e. The third-order valence-electron chi connectivity index (χ3n) is 1.30. The van der Waals surface area contributed by atoms with Crippen molar-refractivity contribution in [3.8, 4) is 5.75 Å². The van der Waals surface area contributed by atoms with Gasteiger partial charge in [-0.3, -0.25) is 0 Å². The Labute approximate surface area is 85.1 Å². The first-order chi connectivity index (χ1) is 6.55. The average molecular weight is 240 g/mol. The van der Waals surface area contributed by atoms with E-state index in [1.807, 2.05) is 0 Å². The molecule has 1 heterocycles. The summed E-state index contributed by atoms with van der Waals surface area (Å²) in [5.74, 6) is -0.0415. The van der Waals surface area contributed by atoms with Crippen LogP contribution in [-0.4, -0.2) is 26.7 Å². The van der Waals surface area contributed by atoms with E-state index in [0.717, 1.165) is 0 Å². The zero-order valence-corrected chi connectivity index (χ0v) is 8.55. The minimum absolute atomic E-state index is 0.0415. The molecule has 0 aromatic carbocycles. The molecule has 0 unspecified atom stereocenters. The van der Waals surface area contributed by atoms with Gasteiger partial charge in [-0.1, -0.05) is 0 Å². The van der Waals surface area contributed by atoms with Crippen LogP contribution in [0.15, 0.2) is 23.4 Å². The molecule has 7 heteroatoms. The minimum Gasteiger partial charge on any atom is -0.488 e. The van der Waals surface area contributed by atoms with Gasteiger partial charge in [-0.05, 0) is 12.1 Å². The van der Waals surface area contributed by atoms with Crippen LogP contribution in [0.25, 0.3) is 0 Å². The molecule has 1 aromatic rings. The van der Waals surface area contributed by atoms with Crippen molar-refractivity contribution < 1.29 is 17.5 Å². The van der Waals surface area contributed by atoms with Gasteiger partial charge in [-0.2, -0.15) is 0 Å². The fourth-order valence-corrected chi connectivity index (χ4v) is 1.72.